The first-order valence-electron chi connectivity index (χ1n) is 8.48. The van der Waals surface area contributed by atoms with Crippen LogP contribution in [0.25, 0.3) is 0 Å². The quantitative estimate of drug-likeness (QED) is 0.410. The van der Waals surface area contributed by atoms with Crippen LogP contribution >= 0.6 is 8.58 Å². The second-order valence-corrected chi connectivity index (χ2v) is 8.61. The number of alkyl halides is 6. The van der Waals surface area contributed by atoms with Gasteiger partial charge in [-0.3, -0.25) is 4.79 Å². The number of hydrogen-bond acceptors (Lipinski definition) is 2. The normalized spacial score (nSPS) is 12.7. The maximum absolute atomic E-state index is 13.3. The van der Waals surface area contributed by atoms with Gasteiger partial charge in [0, 0.05) is 5.56 Å². The predicted molar refractivity (Wildman–Crippen MR) is 101 cm³/mol. The molecule has 2 aromatic rings. The van der Waals surface area contributed by atoms with Gasteiger partial charge in [-0.25, -0.2) is 0 Å². The molecule has 0 N–H and O–H groups in total. The molecule has 2 aromatic carbocycles. The molecule has 1 atom stereocenters. The number of carbonyl (C=O) groups is 1. The van der Waals surface area contributed by atoms with Crippen LogP contribution in [-0.2, 0) is 12.4 Å². The van der Waals surface area contributed by atoms with E-state index in [-0.39, 0.29) is 20.3 Å². The van der Waals surface area contributed by atoms with E-state index >= 15 is 0 Å². The molecule has 10 heteroatoms. The van der Waals surface area contributed by atoms with Crippen molar-refractivity contribution in [3.63, 3.8) is 0 Å². The van der Waals surface area contributed by atoms with Gasteiger partial charge in [0.1, 0.15) is 11.4 Å². The Bertz CT molecular complexity index is 891. The minimum Gasteiger partial charge on any atom is -1.00 e. The van der Waals surface area contributed by atoms with E-state index in [0.717, 1.165) is 0 Å². The first kappa shape index (κ1) is 26.6. The molecule has 0 saturated heterocycles. The SMILES string of the molecule is Cc1cc(OC(C)(C)C)ccc1PC(=O)c1c(C(F)(F)F)cccc1C(F)(F)F.[H-].[Li+]. The summed E-state index contributed by atoms with van der Waals surface area (Å²) < 4.78 is 85.3. The molecule has 1 unspecified atom stereocenters. The van der Waals surface area contributed by atoms with E-state index in [4.69, 9.17) is 4.74 Å². The second kappa shape index (κ2) is 9.34. The molecule has 0 aliphatic rings. The summed E-state index contributed by atoms with van der Waals surface area (Å²) in [5.41, 5.74) is -5.70. The van der Waals surface area contributed by atoms with Crippen molar-refractivity contribution in [1.82, 2.24) is 0 Å². The Kier molecular flexibility index (Phi) is 8.27. The second-order valence-electron chi connectivity index (χ2n) is 7.37. The standard InChI is InChI=1S/C20H19F6O2P.Li.H/c1-11-10-12(28-18(2,3)4)8-9-15(11)29-17(27)16-13(19(21,22)23)6-5-7-14(16)20(24,25)26;;/h5-10,29H,1-4H3;;/q;+1;-1. The number of carbonyl (C=O) groups excluding carboxylic acids is 1. The summed E-state index contributed by atoms with van der Waals surface area (Å²) in [6.07, 6.45) is -10.2. The Labute approximate surface area is 185 Å². The minimum atomic E-state index is -5.09. The first-order valence-corrected chi connectivity index (χ1v) is 9.48. The monoisotopic (exact) mass is 444 g/mol. The van der Waals surface area contributed by atoms with Crippen LogP contribution in [0.2, 0.25) is 0 Å². The van der Waals surface area contributed by atoms with E-state index in [1.807, 2.05) is 20.8 Å². The van der Waals surface area contributed by atoms with Crippen LogP contribution in [0.4, 0.5) is 26.3 Å². The van der Waals surface area contributed by atoms with Gasteiger partial charge < -0.3 is 6.16 Å². The molecule has 0 aromatic heterocycles. The maximum atomic E-state index is 13.3. The topological polar surface area (TPSA) is 26.3 Å². The van der Waals surface area contributed by atoms with Crippen molar-refractivity contribution in [2.75, 3.05) is 0 Å². The van der Waals surface area contributed by atoms with Crippen molar-refractivity contribution in [3.8, 4) is 5.75 Å². The van der Waals surface area contributed by atoms with E-state index in [0.29, 0.717) is 34.8 Å². The molecular formula is C20H20F6LiO2P. The molecule has 0 aliphatic carbocycles. The fraction of sp³-hybridized carbons (Fsp3) is 0.350. The van der Waals surface area contributed by atoms with Gasteiger partial charge in [0.25, 0.3) is 0 Å². The molecule has 2 rings (SSSR count). The van der Waals surface area contributed by atoms with Gasteiger partial charge in [0.05, 0.1) is 11.1 Å². The van der Waals surface area contributed by atoms with Gasteiger partial charge in [-0.1, -0.05) is 12.1 Å². The van der Waals surface area contributed by atoms with Crippen molar-refractivity contribution >= 4 is 19.4 Å². The van der Waals surface area contributed by atoms with E-state index in [2.05, 4.69) is 0 Å². The van der Waals surface area contributed by atoms with E-state index in [1.54, 1.807) is 13.0 Å². The third kappa shape index (κ3) is 6.77. The molecule has 2 nitrogen and oxygen atoms in total. The smallest absolute Gasteiger partial charge is 1.00 e. The van der Waals surface area contributed by atoms with E-state index < -0.39 is 48.7 Å². The molecule has 0 spiro atoms. The molecule has 30 heavy (non-hydrogen) atoms. The number of benzene rings is 2. The molecule has 0 heterocycles. The van der Waals surface area contributed by atoms with Crippen LogP contribution in [0.15, 0.2) is 36.4 Å². The Morgan fingerprint density at radius 3 is 1.83 bits per heavy atom. The summed E-state index contributed by atoms with van der Waals surface area (Å²) in [6, 6.07) is 6.24. The van der Waals surface area contributed by atoms with Crippen LogP contribution in [-0.4, -0.2) is 11.1 Å². The van der Waals surface area contributed by atoms with Crippen molar-refractivity contribution in [2.45, 2.75) is 45.6 Å². The van der Waals surface area contributed by atoms with Crippen LogP contribution in [0.5, 0.6) is 5.75 Å². The Morgan fingerprint density at radius 1 is 0.933 bits per heavy atom. The van der Waals surface area contributed by atoms with Crippen molar-refractivity contribution in [3.05, 3.63) is 58.7 Å². The Hall–Kier alpha value is -1.48. The molecule has 0 aliphatic heterocycles. The van der Waals surface area contributed by atoms with Crippen molar-refractivity contribution < 1.29 is 56.2 Å². The van der Waals surface area contributed by atoms with Gasteiger partial charge in [-0.05, 0) is 71.4 Å². The zero-order chi connectivity index (χ0) is 22.2. The summed E-state index contributed by atoms with van der Waals surface area (Å²) in [4.78, 5) is 12.6. The molecule has 160 valence electrons. The summed E-state index contributed by atoms with van der Waals surface area (Å²) in [5.74, 6) is 0.489. The van der Waals surface area contributed by atoms with Crippen molar-refractivity contribution in [1.29, 1.82) is 0 Å². The van der Waals surface area contributed by atoms with Crippen LogP contribution < -0.4 is 28.9 Å². The van der Waals surface area contributed by atoms with Gasteiger partial charge in [-0.15, -0.1) is 0 Å². The fourth-order valence-corrected chi connectivity index (χ4v) is 3.72. The van der Waals surface area contributed by atoms with Gasteiger partial charge >= 0.3 is 31.2 Å². The first-order chi connectivity index (χ1) is 13.1. The number of hydrogen-bond donors (Lipinski definition) is 0. The van der Waals surface area contributed by atoms with Crippen molar-refractivity contribution in [2.24, 2.45) is 0 Å². The molecular weight excluding hydrogens is 424 g/mol. The average Bonchev–Trinajstić information content (AvgIpc) is 2.53. The molecule has 0 bridgehead atoms. The maximum Gasteiger partial charge on any atom is 1.00 e. The molecule has 0 radical (unpaired) electrons. The number of rotatable bonds is 4. The van der Waals surface area contributed by atoms with Gasteiger partial charge in [-0.2, -0.15) is 26.3 Å². The zero-order valence-electron chi connectivity index (χ0n) is 18.0. The van der Waals surface area contributed by atoms with Crippen LogP contribution in [0, 0.1) is 6.92 Å². The minimum absolute atomic E-state index is 0. The third-order valence-electron chi connectivity index (χ3n) is 3.77. The summed E-state index contributed by atoms with van der Waals surface area (Å²) >= 11 is 0. The third-order valence-corrected chi connectivity index (χ3v) is 5.08. The predicted octanol–water partition coefficient (Wildman–Crippen LogP) is 3.47. The average molecular weight is 444 g/mol. The summed E-state index contributed by atoms with van der Waals surface area (Å²) in [5, 5.41) is 0.348. The zero-order valence-corrected chi connectivity index (χ0v) is 18.0. The van der Waals surface area contributed by atoms with Crippen LogP contribution in [0.1, 0.15) is 49.2 Å². The van der Waals surface area contributed by atoms with Gasteiger partial charge in [0.2, 0.25) is 0 Å². The molecule has 0 saturated carbocycles. The number of aryl methyl sites for hydroxylation is 1. The summed E-state index contributed by atoms with van der Waals surface area (Å²) in [7, 11) is -0.905. The van der Waals surface area contributed by atoms with E-state index in [1.165, 1.54) is 12.1 Å². The number of halogens is 6. The largest absolute Gasteiger partial charge is 1.00 e. The summed E-state index contributed by atoms with van der Waals surface area (Å²) in [6.45, 7) is 7.10. The fourth-order valence-electron chi connectivity index (χ4n) is 2.65. The van der Waals surface area contributed by atoms with E-state index in [9.17, 15) is 31.1 Å². The number of ether oxygens (including phenoxy) is 1. The molecule has 0 fully saturated rings. The van der Waals surface area contributed by atoms with Crippen LogP contribution in [0.3, 0.4) is 0 Å². The van der Waals surface area contributed by atoms with Gasteiger partial charge in [0.15, 0.2) is 5.52 Å². The Morgan fingerprint density at radius 2 is 1.43 bits per heavy atom. The molecule has 0 amide bonds. The Balaban J connectivity index is 0.00000450.